The molecule has 146 valence electrons. The van der Waals surface area contributed by atoms with E-state index in [0.29, 0.717) is 16.3 Å². The third kappa shape index (κ3) is 3.66. The van der Waals surface area contributed by atoms with E-state index in [1.807, 2.05) is 0 Å². The van der Waals surface area contributed by atoms with Gasteiger partial charge in [-0.1, -0.05) is 11.6 Å². The highest BCUT2D eigenvalue weighted by molar-refractivity contribution is 6.33. The second-order valence-electron chi connectivity index (χ2n) is 8.88. The maximum atomic E-state index is 12.4. The number of benzene rings is 1. The summed E-state index contributed by atoms with van der Waals surface area (Å²) in [6, 6.07) is 4.66. The Hall–Kier alpha value is -1.75. The summed E-state index contributed by atoms with van der Waals surface area (Å²) >= 11 is 5.86. The van der Waals surface area contributed by atoms with Crippen LogP contribution in [0.15, 0.2) is 18.2 Å². The van der Waals surface area contributed by atoms with E-state index in [1.165, 1.54) is 50.7 Å². The average molecular weight is 391 g/mol. The average Bonchev–Trinajstić information content (AvgIpc) is 2.61. The van der Waals surface area contributed by atoms with E-state index in [4.69, 9.17) is 22.1 Å². The minimum Gasteiger partial charge on any atom is -0.452 e. The minimum absolute atomic E-state index is 0.114. The Labute approximate surface area is 165 Å². The molecule has 0 spiro atoms. The van der Waals surface area contributed by atoms with Gasteiger partial charge in [0.1, 0.15) is 0 Å². The van der Waals surface area contributed by atoms with Crippen molar-refractivity contribution in [2.24, 2.45) is 23.2 Å². The molecule has 5 nitrogen and oxygen atoms in total. The predicted octanol–water partition coefficient (Wildman–Crippen LogP) is 3.80. The lowest BCUT2D eigenvalue weighted by atomic mass is 9.48. The number of anilines is 1. The molecule has 0 saturated heterocycles. The lowest BCUT2D eigenvalue weighted by Crippen LogP contribution is -2.56. The quantitative estimate of drug-likeness (QED) is 0.591. The van der Waals surface area contributed by atoms with Crippen molar-refractivity contribution in [3.63, 3.8) is 0 Å². The van der Waals surface area contributed by atoms with Crippen molar-refractivity contribution in [3.05, 3.63) is 28.8 Å². The number of carbonyl (C=O) groups is 2. The number of esters is 1. The van der Waals surface area contributed by atoms with E-state index in [0.717, 1.165) is 17.8 Å². The summed E-state index contributed by atoms with van der Waals surface area (Å²) in [5.74, 6) is 1.70. The topological polar surface area (TPSA) is 81.4 Å². The number of nitrogen functional groups attached to an aromatic ring is 1. The number of ether oxygens (including phenoxy) is 1. The molecule has 0 radical (unpaired) electrons. The van der Waals surface area contributed by atoms with Gasteiger partial charge in [0.15, 0.2) is 6.61 Å². The van der Waals surface area contributed by atoms with Crippen molar-refractivity contribution in [2.45, 2.75) is 51.5 Å². The highest BCUT2D eigenvalue weighted by Crippen LogP contribution is 2.61. The summed E-state index contributed by atoms with van der Waals surface area (Å²) in [6.45, 7) is 1.84. The van der Waals surface area contributed by atoms with E-state index in [2.05, 4.69) is 12.2 Å². The summed E-state index contributed by atoms with van der Waals surface area (Å²) in [5.41, 5.74) is 6.54. The molecule has 4 saturated carbocycles. The van der Waals surface area contributed by atoms with Crippen LogP contribution in [0, 0.1) is 23.2 Å². The summed E-state index contributed by atoms with van der Waals surface area (Å²) in [6.07, 6.45) is 7.81. The van der Waals surface area contributed by atoms with Crippen molar-refractivity contribution >= 4 is 29.2 Å². The van der Waals surface area contributed by atoms with Gasteiger partial charge in [0, 0.05) is 6.04 Å². The Balaban J connectivity index is 1.31. The molecule has 4 fully saturated rings. The first-order valence-corrected chi connectivity index (χ1v) is 10.2. The molecule has 1 aromatic carbocycles. The van der Waals surface area contributed by atoms with Crippen LogP contribution in [0.5, 0.6) is 0 Å². The smallest absolute Gasteiger partial charge is 0.338 e. The summed E-state index contributed by atoms with van der Waals surface area (Å²) in [4.78, 5) is 24.5. The first-order chi connectivity index (χ1) is 12.8. The highest BCUT2D eigenvalue weighted by Gasteiger charge is 2.53. The van der Waals surface area contributed by atoms with Crippen molar-refractivity contribution in [1.29, 1.82) is 0 Å². The molecular formula is C21H27ClN2O3. The van der Waals surface area contributed by atoms with Gasteiger partial charge < -0.3 is 15.8 Å². The number of hydrogen-bond acceptors (Lipinski definition) is 4. The number of amides is 1. The second kappa shape index (κ2) is 7.01. The predicted molar refractivity (Wildman–Crippen MR) is 104 cm³/mol. The second-order valence-corrected chi connectivity index (χ2v) is 9.29. The lowest BCUT2D eigenvalue weighted by Gasteiger charge is -2.59. The molecule has 27 heavy (non-hydrogen) atoms. The number of nitrogens with two attached hydrogens (primary N) is 1. The zero-order chi connectivity index (χ0) is 19.2. The highest BCUT2D eigenvalue weighted by atomic mass is 35.5. The maximum Gasteiger partial charge on any atom is 0.338 e. The normalized spacial score (nSPS) is 32.1. The zero-order valence-electron chi connectivity index (χ0n) is 15.7. The van der Waals surface area contributed by atoms with E-state index in [1.54, 1.807) is 6.07 Å². The summed E-state index contributed by atoms with van der Waals surface area (Å²) in [7, 11) is 0. The molecule has 4 bridgehead atoms. The van der Waals surface area contributed by atoms with Gasteiger partial charge in [-0.25, -0.2) is 4.79 Å². The molecule has 1 aromatic rings. The van der Waals surface area contributed by atoms with Crippen LogP contribution in [-0.4, -0.2) is 24.5 Å². The van der Waals surface area contributed by atoms with Gasteiger partial charge in [-0.05, 0) is 86.8 Å². The zero-order valence-corrected chi connectivity index (χ0v) is 16.4. The van der Waals surface area contributed by atoms with Crippen molar-refractivity contribution in [3.8, 4) is 0 Å². The van der Waals surface area contributed by atoms with Gasteiger partial charge in [0.25, 0.3) is 5.91 Å². The standard InChI is InChI=1S/C21H27ClN2O3/c1-12(21-8-13-4-14(9-21)6-15(5-13)10-21)24-19(25)11-27-20(26)16-2-3-17(22)18(23)7-16/h2-3,7,12-15H,4-6,8-11,23H2,1H3,(H,24,25). The Kier molecular flexibility index (Phi) is 4.83. The molecule has 4 aliphatic rings. The van der Waals surface area contributed by atoms with Crippen molar-refractivity contribution in [1.82, 2.24) is 5.32 Å². The number of nitrogens with one attached hydrogen (secondary N) is 1. The summed E-state index contributed by atoms with van der Waals surface area (Å²) in [5, 5.41) is 3.49. The van der Waals surface area contributed by atoms with Crippen LogP contribution in [0.2, 0.25) is 5.02 Å². The maximum absolute atomic E-state index is 12.4. The molecule has 4 aliphatic carbocycles. The monoisotopic (exact) mass is 390 g/mol. The van der Waals surface area contributed by atoms with E-state index in [9.17, 15) is 9.59 Å². The molecule has 1 atom stereocenters. The van der Waals surface area contributed by atoms with E-state index >= 15 is 0 Å². The number of carbonyl (C=O) groups excluding carboxylic acids is 2. The Morgan fingerprint density at radius 1 is 1.22 bits per heavy atom. The fourth-order valence-corrected chi connectivity index (χ4v) is 6.15. The van der Waals surface area contributed by atoms with Crippen molar-refractivity contribution < 1.29 is 14.3 Å². The molecule has 5 rings (SSSR count). The molecule has 0 aliphatic heterocycles. The molecular weight excluding hydrogens is 364 g/mol. The van der Waals surface area contributed by atoms with E-state index < -0.39 is 5.97 Å². The molecule has 0 heterocycles. The SMILES string of the molecule is CC(NC(=O)COC(=O)c1ccc(Cl)c(N)c1)C12CC3CC(CC(C3)C1)C2. The van der Waals surface area contributed by atoms with Crippen LogP contribution in [0.25, 0.3) is 0 Å². The molecule has 0 aromatic heterocycles. The minimum atomic E-state index is -0.573. The van der Waals surface area contributed by atoms with Crippen LogP contribution in [-0.2, 0) is 9.53 Å². The Morgan fingerprint density at radius 2 is 1.81 bits per heavy atom. The fourth-order valence-electron chi connectivity index (χ4n) is 6.03. The molecule has 3 N–H and O–H groups in total. The number of halogens is 1. The fraction of sp³-hybridized carbons (Fsp3) is 0.619. The van der Waals surface area contributed by atoms with Gasteiger partial charge >= 0.3 is 5.97 Å². The van der Waals surface area contributed by atoms with Crippen LogP contribution in [0.4, 0.5) is 5.69 Å². The van der Waals surface area contributed by atoms with Crippen molar-refractivity contribution in [2.75, 3.05) is 12.3 Å². The Morgan fingerprint density at radius 3 is 2.37 bits per heavy atom. The van der Waals surface area contributed by atoms with Gasteiger partial charge in [0.05, 0.1) is 16.3 Å². The van der Waals surface area contributed by atoms with Gasteiger partial charge in [-0.15, -0.1) is 0 Å². The molecule has 6 heteroatoms. The van der Waals surface area contributed by atoms with Crippen LogP contribution >= 0.6 is 11.6 Å². The largest absolute Gasteiger partial charge is 0.452 e. The first-order valence-electron chi connectivity index (χ1n) is 9.86. The van der Waals surface area contributed by atoms with Crippen LogP contribution in [0.1, 0.15) is 55.8 Å². The Bertz CT molecular complexity index is 729. The molecule has 1 amide bonds. The third-order valence-electron chi connectivity index (χ3n) is 6.95. The van der Waals surface area contributed by atoms with Gasteiger partial charge in [0.2, 0.25) is 0 Å². The number of rotatable bonds is 5. The number of hydrogen-bond donors (Lipinski definition) is 2. The first kappa shape index (κ1) is 18.6. The lowest BCUT2D eigenvalue weighted by molar-refractivity contribution is -0.128. The summed E-state index contributed by atoms with van der Waals surface area (Å²) < 4.78 is 5.15. The van der Waals surface area contributed by atoms with Gasteiger partial charge in [-0.3, -0.25) is 4.79 Å². The van der Waals surface area contributed by atoms with Crippen LogP contribution in [0.3, 0.4) is 0 Å². The van der Waals surface area contributed by atoms with Crippen LogP contribution < -0.4 is 11.1 Å². The van der Waals surface area contributed by atoms with E-state index in [-0.39, 0.29) is 24.0 Å². The third-order valence-corrected chi connectivity index (χ3v) is 7.29. The molecule has 1 unspecified atom stereocenters. The van der Waals surface area contributed by atoms with Gasteiger partial charge in [-0.2, -0.15) is 0 Å².